The van der Waals surface area contributed by atoms with Crippen molar-refractivity contribution in [1.29, 1.82) is 0 Å². The fraction of sp³-hybridized carbons (Fsp3) is 0.188. The lowest BCUT2D eigenvalue weighted by Gasteiger charge is -2.06. The minimum absolute atomic E-state index is 0.00791. The maximum absolute atomic E-state index is 12.0. The number of carbonyl (C=O) groups excluding carboxylic acids is 1. The number of hydrogen-bond acceptors (Lipinski definition) is 4. The smallest absolute Gasteiger partial charge is 0.252 e. The lowest BCUT2D eigenvalue weighted by molar-refractivity contribution is 0.0953. The van der Waals surface area contributed by atoms with Crippen molar-refractivity contribution in [1.82, 2.24) is 9.88 Å². The number of nitrogens with zero attached hydrogens (tertiary/aromatic N) is 1. The molecule has 1 aromatic carbocycles. The number of carbonyl (C=O) groups is 1. The summed E-state index contributed by atoms with van der Waals surface area (Å²) >= 11 is 0.946. The first-order valence-corrected chi connectivity index (χ1v) is 9.81. The number of hydrogen-bond donors (Lipinski definition) is 2. The van der Waals surface area contributed by atoms with Gasteiger partial charge in [-0.1, -0.05) is 18.2 Å². The Balaban J connectivity index is 1.53. The summed E-state index contributed by atoms with van der Waals surface area (Å²) < 4.78 is 24.6. The number of rotatable bonds is 6. The van der Waals surface area contributed by atoms with Crippen LogP contribution in [-0.4, -0.2) is 25.4 Å². The number of para-hydroxylation sites is 1. The van der Waals surface area contributed by atoms with Crippen molar-refractivity contribution in [2.24, 2.45) is 5.14 Å². The Bertz CT molecular complexity index is 973. The molecule has 3 aromatic rings. The van der Waals surface area contributed by atoms with E-state index in [1.165, 1.54) is 22.3 Å². The van der Waals surface area contributed by atoms with Gasteiger partial charge < -0.3 is 9.88 Å². The van der Waals surface area contributed by atoms with Gasteiger partial charge in [0.2, 0.25) is 10.0 Å². The van der Waals surface area contributed by atoms with Gasteiger partial charge in [0, 0.05) is 30.2 Å². The molecule has 0 radical (unpaired) electrons. The summed E-state index contributed by atoms with van der Waals surface area (Å²) in [6.45, 7) is 1.30. The molecule has 0 fully saturated rings. The van der Waals surface area contributed by atoms with Gasteiger partial charge in [-0.2, -0.15) is 0 Å². The number of nitrogens with two attached hydrogens (primary N) is 1. The summed E-state index contributed by atoms with van der Waals surface area (Å²) in [6, 6.07) is 11.5. The first-order chi connectivity index (χ1) is 11.4. The maximum Gasteiger partial charge on any atom is 0.252 e. The van der Waals surface area contributed by atoms with Gasteiger partial charge in [-0.05, 0) is 30.0 Å². The normalized spacial score (nSPS) is 11.7. The molecule has 0 unspecified atom stereocenters. The highest BCUT2D eigenvalue weighted by molar-refractivity contribution is 7.91. The number of primary sulfonamides is 1. The molecule has 0 bridgehead atoms. The number of aromatic nitrogens is 1. The monoisotopic (exact) mass is 363 g/mol. The molecule has 8 heteroatoms. The van der Waals surface area contributed by atoms with Gasteiger partial charge in [0.1, 0.15) is 4.21 Å². The van der Waals surface area contributed by atoms with Crippen LogP contribution in [0.15, 0.2) is 52.2 Å². The van der Waals surface area contributed by atoms with Gasteiger partial charge in [0.15, 0.2) is 0 Å². The molecule has 0 atom stereocenters. The summed E-state index contributed by atoms with van der Waals surface area (Å²) in [5.74, 6) is -0.293. The van der Waals surface area contributed by atoms with E-state index in [0.29, 0.717) is 12.1 Å². The molecule has 6 nitrogen and oxygen atoms in total. The van der Waals surface area contributed by atoms with Crippen molar-refractivity contribution >= 4 is 38.2 Å². The average molecular weight is 363 g/mol. The van der Waals surface area contributed by atoms with E-state index in [9.17, 15) is 13.2 Å². The molecule has 0 saturated carbocycles. The fourth-order valence-electron chi connectivity index (χ4n) is 2.47. The third-order valence-electron chi connectivity index (χ3n) is 3.66. The van der Waals surface area contributed by atoms with Crippen molar-refractivity contribution in [2.75, 3.05) is 6.54 Å². The Hall–Kier alpha value is -2.16. The van der Waals surface area contributed by atoms with Crippen LogP contribution in [0, 0.1) is 0 Å². The minimum atomic E-state index is -3.76. The second kappa shape index (κ2) is 6.76. The Morgan fingerprint density at radius 2 is 2.04 bits per heavy atom. The van der Waals surface area contributed by atoms with E-state index in [0.717, 1.165) is 24.3 Å². The molecule has 126 valence electrons. The number of sulfonamides is 1. The van der Waals surface area contributed by atoms with Crippen molar-refractivity contribution in [3.05, 3.63) is 53.5 Å². The highest BCUT2D eigenvalue weighted by Gasteiger charge is 2.14. The Morgan fingerprint density at radius 3 is 2.79 bits per heavy atom. The molecule has 24 heavy (non-hydrogen) atoms. The quantitative estimate of drug-likeness (QED) is 0.657. The van der Waals surface area contributed by atoms with Crippen LogP contribution in [0.3, 0.4) is 0 Å². The van der Waals surface area contributed by atoms with Crippen LogP contribution in [0.2, 0.25) is 0 Å². The Morgan fingerprint density at radius 1 is 1.25 bits per heavy atom. The van der Waals surface area contributed by atoms with Crippen molar-refractivity contribution < 1.29 is 13.2 Å². The third kappa shape index (κ3) is 3.66. The van der Waals surface area contributed by atoms with Gasteiger partial charge in [0.25, 0.3) is 5.91 Å². The number of aryl methyl sites for hydroxylation is 1. The van der Waals surface area contributed by atoms with E-state index in [-0.39, 0.29) is 10.1 Å². The predicted molar refractivity (Wildman–Crippen MR) is 94.6 cm³/mol. The molecular formula is C16H17N3O3S2. The zero-order valence-corrected chi connectivity index (χ0v) is 14.4. The van der Waals surface area contributed by atoms with Gasteiger partial charge in [-0.3, -0.25) is 4.79 Å². The van der Waals surface area contributed by atoms with Gasteiger partial charge >= 0.3 is 0 Å². The van der Waals surface area contributed by atoms with Crippen LogP contribution >= 0.6 is 11.3 Å². The Labute approximate surface area is 144 Å². The maximum atomic E-state index is 12.0. The lowest BCUT2D eigenvalue weighted by Crippen LogP contribution is -2.24. The van der Waals surface area contributed by atoms with E-state index in [1.807, 2.05) is 18.3 Å². The van der Waals surface area contributed by atoms with Crippen molar-refractivity contribution in [2.45, 2.75) is 17.2 Å². The number of nitrogens with one attached hydrogen (secondary N) is 1. The first-order valence-electron chi connectivity index (χ1n) is 7.38. The number of fused-ring (bicyclic) bond motifs is 1. The van der Waals surface area contributed by atoms with Gasteiger partial charge in [-0.15, -0.1) is 11.3 Å². The second-order valence-electron chi connectivity index (χ2n) is 5.38. The first kappa shape index (κ1) is 16.7. The summed E-state index contributed by atoms with van der Waals surface area (Å²) in [4.78, 5) is 12.0. The van der Waals surface area contributed by atoms with E-state index in [2.05, 4.69) is 28.1 Å². The molecule has 0 aliphatic heterocycles. The Kier molecular flexibility index (Phi) is 4.70. The van der Waals surface area contributed by atoms with E-state index < -0.39 is 10.0 Å². The molecule has 2 aromatic heterocycles. The topological polar surface area (TPSA) is 94.2 Å². The summed E-state index contributed by atoms with van der Waals surface area (Å²) in [6.07, 6.45) is 2.81. The largest absolute Gasteiger partial charge is 0.352 e. The number of amides is 1. The molecule has 3 rings (SSSR count). The zero-order valence-electron chi connectivity index (χ0n) is 12.8. The number of benzene rings is 1. The van der Waals surface area contributed by atoms with Crippen LogP contribution in [0.25, 0.3) is 10.9 Å². The van der Waals surface area contributed by atoms with E-state index in [1.54, 1.807) is 0 Å². The van der Waals surface area contributed by atoms with Crippen LogP contribution in [0.5, 0.6) is 0 Å². The van der Waals surface area contributed by atoms with Gasteiger partial charge in [0.05, 0.1) is 5.56 Å². The molecule has 2 heterocycles. The predicted octanol–water partition coefficient (Wildman–Crippen LogP) is 2.17. The summed E-state index contributed by atoms with van der Waals surface area (Å²) in [5, 5.41) is 10.5. The third-order valence-corrected chi connectivity index (χ3v) is 6.05. The number of thiophene rings is 1. The molecule has 0 saturated heterocycles. The molecule has 0 aliphatic rings. The SMILES string of the molecule is NS(=O)(=O)c1cc(C(=O)NCCCn2ccc3ccccc32)cs1. The van der Waals surface area contributed by atoms with Crippen LogP contribution in [0.4, 0.5) is 0 Å². The molecule has 3 N–H and O–H groups in total. The standard InChI is InChI=1S/C16H17N3O3S2/c17-24(21,22)15-10-13(11-23-15)16(20)18-7-3-8-19-9-6-12-4-1-2-5-14(12)19/h1-2,4-6,9-11H,3,7-8H2,(H,18,20)(H2,17,21,22). The highest BCUT2D eigenvalue weighted by atomic mass is 32.2. The molecular weight excluding hydrogens is 346 g/mol. The van der Waals surface area contributed by atoms with Crippen LogP contribution < -0.4 is 10.5 Å². The second-order valence-corrected chi connectivity index (χ2v) is 8.08. The molecule has 0 aliphatic carbocycles. The molecule has 1 amide bonds. The van der Waals surface area contributed by atoms with Gasteiger partial charge in [-0.25, -0.2) is 13.6 Å². The summed E-state index contributed by atoms with van der Waals surface area (Å²) in [7, 11) is -3.76. The average Bonchev–Trinajstić information content (AvgIpc) is 3.18. The van der Waals surface area contributed by atoms with Crippen molar-refractivity contribution in [3.63, 3.8) is 0 Å². The van der Waals surface area contributed by atoms with E-state index >= 15 is 0 Å². The lowest BCUT2D eigenvalue weighted by atomic mass is 10.2. The fourth-order valence-corrected chi connectivity index (χ4v) is 4.06. The summed E-state index contributed by atoms with van der Waals surface area (Å²) in [5.41, 5.74) is 1.48. The van der Waals surface area contributed by atoms with Crippen LogP contribution in [-0.2, 0) is 16.6 Å². The van der Waals surface area contributed by atoms with Crippen molar-refractivity contribution in [3.8, 4) is 0 Å². The minimum Gasteiger partial charge on any atom is -0.352 e. The van der Waals surface area contributed by atoms with Crippen LogP contribution in [0.1, 0.15) is 16.8 Å². The molecule has 0 spiro atoms. The highest BCUT2D eigenvalue weighted by Crippen LogP contribution is 2.18. The van der Waals surface area contributed by atoms with E-state index in [4.69, 9.17) is 5.14 Å². The zero-order chi connectivity index (χ0) is 17.2.